The maximum Gasteiger partial charge on any atom is 0.259 e. The fourth-order valence-electron chi connectivity index (χ4n) is 3.32. The molecule has 1 aliphatic heterocycles. The predicted molar refractivity (Wildman–Crippen MR) is 119 cm³/mol. The highest BCUT2D eigenvalue weighted by Gasteiger charge is 2.28. The molecule has 6 nitrogen and oxygen atoms in total. The Labute approximate surface area is 184 Å². The van der Waals surface area contributed by atoms with Gasteiger partial charge in [-0.1, -0.05) is 41.9 Å². The van der Waals surface area contributed by atoms with Crippen LogP contribution in [0.1, 0.15) is 33.6 Å². The number of anilines is 1. The van der Waals surface area contributed by atoms with Crippen LogP contribution in [-0.4, -0.2) is 36.7 Å². The molecule has 0 spiro atoms. The molecule has 0 saturated carbocycles. The molecule has 2 heterocycles. The minimum Gasteiger partial charge on any atom is -0.298 e. The standard InChI is InChI=1S/C21H20ClN3O3S2/c22-19-9-8-17(30(27,28)25-10-4-5-11-25)13-18(19)20(26)24-21-23-14-16(29-21)12-15-6-2-1-3-7-15/h1-3,6-9,13-14H,4-5,10-12H2,(H,23,24,26). The number of aromatic nitrogens is 1. The Balaban J connectivity index is 1.51. The van der Waals surface area contributed by atoms with Crippen molar-refractivity contribution in [3.63, 3.8) is 0 Å². The molecular weight excluding hydrogens is 442 g/mol. The molecule has 0 radical (unpaired) electrons. The highest BCUT2D eigenvalue weighted by molar-refractivity contribution is 7.89. The summed E-state index contributed by atoms with van der Waals surface area (Å²) in [5.74, 6) is -0.487. The van der Waals surface area contributed by atoms with Crippen LogP contribution in [0.25, 0.3) is 0 Å². The number of rotatable bonds is 6. The zero-order valence-electron chi connectivity index (χ0n) is 16.0. The van der Waals surface area contributed by atoms with Crippen LogP contribution in [-0.2, 0) is 16.4 Å². The Morgan fingerprint density at radius 3 is 2.60 bits per heavy atom. The van der Waals surface area contributed by atoms with Crippen molar-refractivity contribution in [2.24, 2.45) is 0 Å². The fourth-order valence-corrected chi connectivity index (χ4v) is 5.91. The van der Waals surface area contributed by atoms with E-state index in [9.17, 15) is 13.2 Å². The number of carbonyl (C=O) groups is 1. The lowest BCUT2D eigenvalue weighted by Gasteiger charge is -2.16. The Morgan fingerprint density at radius 2 is 1.87 bits per heavy atom. The number of sulfonamides is 1. The molecule has 0 aliphatic carbocycles. The van der Waals surface area contributed by atoms with Crippen LogP contribution < -0.4 is 5.32 Å². The molecule has 1 aromatic heterocycles. The van der Waals surface area contributed by atoms with Crippen LogP contribution in [0, 0.1) is 0 Å². The normalized spacial score (nSPS) is 14.7. The van der Waals surface area contributed by atoms with E-state index in [-0.39, 0.29) is 15.5 Å². The van der Waals surface area contributed by atoms with Crippen molar-refractivity contribution in [2.45, 2.75) is 24.2 Å². The molecule has 1 N–H and O–H groups in total. The molecule has 0 bridgehead atoms. The van der Waals surface area contributed by atoms with Gasteiger partial charge in [0.1, 0.15) is 0 Å². The first kappa shape index (κ1) is 21.0. The summed E-state index contributed by atoms with van der Waals surface area (Å²) in [6.45, 7) is 0.992. The van der Waals surface area contributed by atoms with Gasteiger partial charge in [0.2, 0.25) is 10.0 Å². The van der Waals surface area contributed by atoms with Gasteiger partial charge in [-0.15, -0.1) is 11.3 Å². The minimum absolute atomic E-state index is 0.0721. The summed E-state index contributed by atoms with van der Waals surface area (Å²) in [6, 6.07) is 14.2. The van der Waals surface area contributed by atoms with Gasteiger partial charge in [-0.05, 0) is 36.6 Å². The summed E-state index contributed by atoms with van der Waals surface area (Å²) >= 11 is 7.57. The second-order valence-electron chi connectivity index (χ2n) is 7.00. The smallest absolute Gasteiger partial charge is 0.259 e. The first-order valence-corrected chi connectivity index (χ1v) is 12.2. The highest BCUT2D eigenvalue weighted by atomic mass is 35.5. The van der Waals surface area contributed by atoms with E-state index < -0.39 is 15.9 Å². The third-order valence-electron chi connectivity index (χ3n) is 4.88. The molecule has 3 aromatic rings. The summed E-state index contributed by atoms with van der Waals surface area (Å²) in [6.07, 6.45) is 4.13. The van der Waals surface area contributed by atoms with E-state index in [0.29, 0.717) is 18.2 Å². The van der Waals surface area contributed by atoms with Gasteiger partial charge in [0.15, 0.2) is 5.13 Å². The molecule has 9 heteroatoms. The van der Waals surface area contributed by atoms with E-state index in [1.165, 1.54) is 33.8 Å². The zero-order chi connectivity index (χ0) is 21.1. The maximum atomic E-state index is 12.8. The molecular formula is C21H20ClN3O3S2. The topological polar surface area (TPSA) is 79.4 Å². The van der Waals surface area contributed by atoms with Gasteiger partial charge in [-0.2, -0.15) is 4.31 Å². The lowest BCUT2D eigenvalue weighted by Crippen LogP contribution is -2.28. The molecule has 0 unspecified atom stereocenters. The van der Waals surface area contributed by atoms with Crippen molar-refractivity contribution in [2.75, 3.05) is 18.4 Å². The van der Waals surface area contributed by atoms with Gasteiger partial charge in [0.25, 0.3) is 5.91 Å². The van der Waals surface area contributed by atoms with Crippen LogP contribution in [0.2, 0.25) is 5.02 Å². The van der Waals surface area contributed by atoms with Gasteiger partial charge in [0, 0.05) is 30.6 Å². The molecule has 1 aliphatic rings. The Hall–Kier alpha value is -2.26. The molecule has 30 heavy (non-hydrogen) atoms. The minimum atomic E-state index is -3.63. The Morgan fingerprint density at radius 1 is 1.13 bits per heavy atom. The number of benzene rings is 2. The third kappa shape index (κ3) is 4.57. The average molecular weight is 462 g/mol. The number of thiazole rings is 1. The molecule has 2 aromatic carbocycles. The lowest BCUT2D eigenvalue weighted by molar-refractivity contribution is 0.102. The van der Waals surface area contributed by atoms with Crippen molar-refractivity contribution in [3.8, 4) is 0 Å². The summed E-state index contributed by atoms with van der Waals surface area (Å²) in [7, 11) is -3.63. The summed E-state index contributed by atoms with van der Waals surface area (Å²) in [4.78, 5) is 18.1. The van der Waals surface area contributed by atoms with E-state index in [2.05, 4.69) is 10.3 Å². The molecule has 1 amide bonds. The van der Waals surface area contributed by atoms with E-state index in [0.717, 1.165) is 29.7 Å². The second-order valence-corrected chi connectivity index (χ2v) is 10.5. The van der Waals surface area contributed by atoms with Crippen LogP contribution in [0.4, 0.5) is 5.13 Å². The van der Waals surface area contributed by atoms with Crippen molar-refractivity contribution in [1.82, 2.24) is 9.29 Å². The van der Waals surface area contributed by atoms with E-state index in [1.807, 2.05) is 30.3 Å². The molecule has 1 saturated heterocycles. The van der Waals surface area contributed by atoms with E-state index in [4.69, 9.17) is 11.6 Å². The number of amides is 1. The Kier molecular flexibility index (Phi) is 6.19. The highest BCUT2D eigenvalue weighted by Crippen LogP contribution is 2.27. The number of nitrogens with zero attached hydrogens (tertiary/aromatic N) is 2. The van der Waals surface area contributed by atoms with Gasteiger partial charge in [-0.3, -0.25) is 10.1 Å². The summed E-state index contributed by atoms with van der Waals surface area (Å²) < 4.78 is 27.0. The average Bonchev–Trinajstić information content (AvgIpc) is 3.42. The summed E-state index contributed by atoms with van der Waals surface area (Å²) in [5.41, 5.74) is 1.26. The Bertz CT molecular complexity index is 1160. The molecule has 1 fully saturated rings. The van der Waals surface area contributed by atoms with Gasteiger partial charge < -0.3 is 0 Å². The third-order valence-corrected chi connectivity index (χ3v) is 8.02. The van der Waals surface area contributed by atoms with E-state index in [1.54, 1.807) is 6.20 Å². The van der Waals surface area contributed by atoms with Crippen LogP contribution in [0.15, 0.2) is 59.6 Å². The molecule has 156 valence electrons. The zero-order valence-corrected chi connectivity index (χ0v) is 18.4. The largest absolute Gasteiger partial charge is 0.298 e. The number of halogens is 1. The van der Waals surface area contributed by atoms with Crippen molar-refractivity contribution < 1.29 is 13.2 Å². The number of hydrogen-bond donors (Lipinski definition) is 1. The summed E-state index contributed by atoms with van der Waals surface area (Å²) in [5, 5.41) is 3.36. The predicted octanol–water partition coefficient (Wildman–Crippen LogP) is 4.42. The van der Waals surface area contributed by atoms with Crippen LogP contribution in [0.5, 0.6) is 0 Å². The van der Waals surface area contributed by atoms with Crippen molar-refractivity contribution in [3.05, 3.63) is 75.8 Å². The van der Waals surface area contributed by atoms with Crippen molar-refractivity contribution >= 4 is 44.0 Å². The monoisotopic (exact) mass is 461 g/mol. The van der Waals surface area contributed by atoms with Crippen LogP contribution >= 0.6 is 22.9 Å². The fraction of sp³-hybridized carbons (Fsp3) is 0.238. The van der Waals surface area contributed by atoms with Gasteiger partial charge in [-0.25, -0.2) is 13.4 Å². The van der Waals surface area contributed by atoms with Crippen molar-refractivity contribution in [1.29, 1.82) is 0 Å². The van der Waals surface area contributed by atoms with Gasteiger partial charge in [0.05, 0.1) is 15.5 Å². The van der Waals surface area contributed by atoms with Crippen LogP contribution in [0.3, 0.4) is 0 Å². The SMILES string of the molecule is O=C(Nc1ncc(Cc2ccccc2)s1)c1cc(S(=O)(=O)N2CCCC2)ccc1Cl. The quantitative estimate of drug-likeness (QED) is 0.589. The van der Waals surface area contributed by atoms with Gasteiger partial charge >= 0.3 is 0 Å². The lowest BCUT2D eigenvalue weighted by atomic mass is 10.1. The second kappa shape index (κ2) is 8.85. The molecule has 4 rings (SSSR count). The first-order chi connectivity index (χ1) is 14.4. The first-order valence-electron chi connectivity index (χ1n) is 9.53. The number of hydrogen-bond acceptors (Lipinski definition) is 5. The maximum absolute atomic E-state index is 12.8. The van der Waals surface area contributed by atoms with E-state index >= 15 is 0 Å². The number of nitrogens with one attached hydrogen (secondary N) is 1. The molecule has 0 atom stereocenters. The number of carbonyl (C=O) groups excluding carboxylic acids is 1.